The Morgan fingerprint density at radius 2 is 1.71 bits per heavy atom. The molecule has 3 rings (SSSR count). The van der Waals surface area contributed by atoms with E-state index >= 15 is 0 Å². The number of hydrogen-bond acceptors (Lipinski definition) is 4. The molecule has 0 saturated heterocycles. The van der Waals surface area contributed by atoms with Gasteiger partial charge in [0, 0.05) is 16.1 Å². The van der Waals surface area contributed by atoms with Crippen LogP contribution in [-0.2, 0) is 15.4 Å². The molecular formula is C20H21ClN4O2S. The lowest BCUT2D eigenvalue weighted by molar-refractivity contribution is 0.580. The molecule has 0 atom stereocenters. The number of benzene rings is 2. The highest BCUT2D eigenvalue weighted by Crippen LogP contribution is 2.24. The Morgan fingerprint density at radius 1 is 1.07 bits per heavy atom. The third-order valence-electron chi connectivity index (χ3n) is 4.21. The molecule has 0 aliphatic heterocycles. The smallest absolute Gasteiger partial charge is 0.276 e. The van der Waals surface area contributed by atoms with Crippen LogP contribution in [0.5, 0.6) is 0 Å². The lowest BCUT2D eigenvalue weighted by Crippen LogP contribution is -2.19. The molecule has 1 aromatic heterocycles. The van der Waals surface area contributed by atoms with Crippen molar-refractivity contribution in [3.8, 4) is 11.3 Å². The highest BCUT2D eigenvalue weighted by molar-refractivity contribution is 7.89. The van der Waals surface area contributed by atoms with E-state index in [1.807, 2.05) is 24.3 Å². The van der Waals surface area contributed by atoms with Crippen molar-refractivity contribution in [1.82, 2.24) is 15.0 Å². The fourth-order valence-corrected chi connectivity index (χ4v) is 3.51. The van der Waals surface area contributed by atoms with Crippen LogP contribution < -0.4 is 4.83 Å². The minimum absolute atomic E-state index is 0.0484. The molecule has 0 unspecified atom stereocenters. The molecule has 3 aromatic rings. The molecule has 0 amide bonds. The molecule has 0 fully saturated rings. The molecule has 0 aliphatic carbocycles. The van der Waals surface area contributed by atoms with Gasteiger partial charge in [-0.05, 0) is 35.2 Å². The average Bonchev–Trinajstić information content (AvgIpc) is 3.10. The van der Waals surface area contributed by atoms with E-state index in [1.165, 1.54) is 6.21 Å². The van der Waals surface area contributed by atoms with E-state index in [9.17, 15) is 8.42 Å². The van der Waals surface area contributed by atoms with E-state index in [0.29, 0.717) is 16.3 Å². The number of nitrogens with zero attached hydrogens (tertiary/aromatic N) is 2. The van der Waals surface area contributed by atoms with Crippen LogP contribution in [-0.4, -0.2) is 24.8 Å². The van der Waals surface area contributed by atoms with Crippen LogP contribution in [0.25, 0.3) is 11.3 Å². The number of aromatic amines is 1. The number of rotatable bonds is 5. The van der Waals surface area contributed by atoms with Crippen molar-refractivity contribution in [3.63, 3.8) is 0 Å². The minimum atomic E-state index is -3.75. The van der Waals surface area contributed by atoms with Crippen LogP contribution in [0.2, 0.25) is 5.02 Å². The molecule has 0 radical (unpaired) electrons. The summed E-state index contributed by atoms with van der Waals surface area (Å²) in [5, 5.41) is 11.4. The number of sulfonamides is 1. The number of hydrazone groups is 1. The van der Waals surface area contributed by atoms with Gasteiger partial charge in [0.05, 0.1) is 23.0 Å². The lowest BCUT2D eigenvalue weighted by Gasteiger charge is -2.19. The second kappa shape index (κ2) is 7.77. The maximum Gasteiger partial charge on any atom is 0.276 e. The van der Waals surface area contributed by atoms with Gasteiger partial charge in [-0.15, -0.1) is 0 Å². The van der Waals surface area contributed by atoms with E-state index in [2.05, 4.69) is 40.9 Å². The third kappa shape index (κ3) is 4.61. The zero-order valence-electron chi connectivity index (χ0n) is 15.8. The predicted molar refractivity (Wildman–Crippen MR) is 112 cm³/mol. The number of H-pyrrole nitrogens is 1. The van der Waals surface area contributed by atoms with Gasteiger partial charge in [-0.3, -0.25) is 5.10 Å². The molecular weight excluding hydrogens is 396 g/mol. The van der Waals surface area contributed by atoms with Gasteiger partial charge in [0.25, 0.3) is 10.0 Å². The van der Waals surface area contributed by atoms with E-state index < -0.39 is 10.0 Å². The number of aromatic nitrogens is 2. The van der Waals surface area contributed by atoms with Crippen LogP contribution >= 0.6 is 11.6 Å². The summed E-state index contributed by atoms with van der Waals surface area (Å²) in [7, 11) is -3.75. The van der Waals surface area contributed by atoms with Crippen molar-refractivity contribution >= 4 is 27.8 Å². The van der Waals surface area contributed by atoms with Crippen molar-refractivity contribution in [2.75, 3.05) is 0 Å². The van der Waals surface area contributed by atoms with Gasteiger partial charge in [-0.1, -0.05) is 56.6 Å². The maximum atomic E-state index is 12.5. The Labute approximate surface area is 169 Å². The van der Waals surface area contributed by atoms with Gasteiger partial charge in [0.1, 0.15) is 0 Å². The Bertz CT molecular complexity index is 1080. The molecule has 0 spiro atoms. The average molecular weight is 417 g/mol. The fourth-order valence-electron chi connectivity index (χ4n) is 2.59. The quantitative estimate of drug-likeness (QED) is 0.479. The SMILES string of the molecule is CC(C)(C)c1ccc(S(=O)(=O)N/N=C\c2cn[nH]c2-c2ccc(Cl)cc2)cc1. The zero-order chi connectivity index (χ0) is 20.4. The number of halogens is 1. The van der Waals surface area contributed by atoms with Crippen molar-refractivity contribution in [3.05, 3.63) is 70.9 Å². The van der Waals surface area contributed by atoms with Crippen LogP contribution in [0.3, 0.4) is 0 Å². The van der Waals surface area contributed by atoms with Crippen molar-refractivity contribution in [2.45, 2.75) is 31.1 Å². The molecule has 6 nitrogen and oxygen atoms in total. The Morgan fingerprint density at radius 3 is 2.32 bits per heavy atom. The summed E-state index contributed by atoms with van der Waals surface area (Å²) in [6, 6.07) is 14.0. The van der Waals surface area contributed by atoms with Gasteiger partial charge in [0.2, 0.25) is 0 Å². The normalized spacial score (nSPS) is 12.4. The van der Waals surface area contributed by atoms with E-state index in [4.69, 9.17) is 11.6 Å². The Kier molecular flexibility index (Phi) is 5.58. The second-order valence-electron chi connectivity index (χ2n) is 7.33. The monoisotopic (exact) mass is 416 g/mol. The number of nitrogens with one attached hydrogen (secondary N) is 2. The molecule has 0 aliphatic rings. The highest BCUT2D eigenvalue weighted by Gasteiger charge is 2.17. The zero-order valence-corrected chi connectivity index (χ0v) is 17.3. The van der Waals surface area contributed by atoms with Gasteiger partial charge in [-0.2, -0.15) is 18.6 Å². The first-order valence-corrected chi connectivity index (χ1v) is 10.5. The van der Waals surface area contributed by atoms with Crippen LogP contribution in [0.1, 0.15) is 31.9 Å². The topological polar surface area (TPSA) is 87.2 Å². The number of hydrogen-bond donors (Lipinski definition) is 2. The van der Waals surface area contributed by atoms with E-state index in [0.717, 1.165) is 11.1 Å². The van der Waals surface area contributed by atoms with Gasteiger partial charge in [0.15, 0.2) is 0 Å². The van der Waals surface area contributed by atoms with Crippen LogP contribution in [0.15, 0.2) is 64.7 Å². The lowest BCUT2D eigenvalue weighted by atomic mass is 9.87. The van der Waals surface area contributed by atoms with Gasteiger partial charge >= 0.3 is 0 Å². The Balaban J connectivity index is 1.76. The maximum absolute atomic E-state index is 12.5. The molecule has 0 saturated carbocycles. The first-order valence-electron chi connectivity index (χ1n) is 8.61. The molecule has 1 heterocycles. The summed E-state index contributed by atoms with van der Waals surface area (Å²) < 4.78 is 24.9. The van der Waals surface area contributed by atoms with Crippen molar-refractivity contribution < 1.29 is 8.42 Å². The first-order chi connectivity index (χ1) is 13.2. The molecule has 28 heavy (non-hydrogen) atoms. The van der Waals surface area contributed by atoms with Gasteiger partial charge < -0.3 is 0 Å². The predicted octanol–water partition coefficient (Wildman–Crippen LogP) is 4.34. The van der Waals surface area contributed by atoms with Crippen LogP contribution in [0.4, 0.5) is 0 Å². The fraction of sp³-hybridized carbons (Fsp3) is 0.200. The summed E-state index contributed by atoms with van der Waals surface area (Å²) in [4.78, 5) is 2.39. The molecule has 0 bridgehead atoms. The van der Waals surface area contributed by atoms with E-state index in [1.54, 1.807) is 30.5 Å². The molecule has 2 aromatic carbocycles. The van der Waals surface area contributed by atoms with Crippen molar-refractivity contribution in [1.29, 1.82) is 0 Å². The standard InChI is InChI=1S/C20H21ClN4O2S/c1-20(2,3)16-6-10-18(11-7-16)28(26,27)25-23-13-15-12-22-24-19(15)14-4-8-17(21)9-5-14/h4-13,25H,1-3H3,(H,22,24)/b23-13-. The third-order valence-corrected chi connectivity index (χ3v) is 5.70. The summed E-state index contributed by atoms with van der Waals surface area (Å²) >= 11 is 5.91. The van der Waals surface area contributed by atoms with Crippen LogP contribution in [0, 0.1) is 0 Å². The molecule has 8 heteroatoms. The largest absolute Gasteiger partial charge is 0.277 e. The summed E-state index contributed by atoms with van der Waals surface area (Å²) in [6.07, 6.45) is 2.98. The van der Waals surface area contributed by atoms with Gasteiger partial charge in [-0.25, -0.2) is 4.83 Å². The second-order valence-corrected chi connectivity index (χ2v) is 9.43. The summed E-state index contributed by atoms with van der Waals surface area (Å²) in [6.45, 7) is 6.21. The Hall–Kier alpha value is -2.64. The summed E-state index contributed by atoms with van der Waals surface area (Å²) in [5.41, 5.74) is 3.24. The van der Waals surface area contributed by atoms with Crippen molar-refractivity contribution in [2.24, 2.45) is 5.10 Å². The first kappa shape index (κ1) is 20.1. The summed E-state index contributed by atoms with van der Waals surface area (Å²) in [5.74, 6) is 0. The van der Waals surface area contributed by atoms with E-state index in [-0.39, 0.29) is 10.3 Å². The molecule has 2 N–H and O–H groups in total. The minimum Gasteiger partial charge on any atom is -0.277 e. The highest BCUT2D eigenvalue weighted by atomic mass is 35.5. The molecule has 146 valence electrons.